The Morgan fingerprint density at radius 1 is 1.42 bits per heavy atom. The average molecular weight is 258 g/mol. The van der Waals surface area contributed by atoms with Gasteiger partial charge in [0.2, 0.25) is 11.9 Å². The topological polar surface area (TPSA) is 59.0 Å². The molecule has 0 fully saturated rings. The van der Waals surface area contributed by atoms with Crippen LogP contribution in [0.1, 0.15) is 25.5 Å². The van der Waals surface area contributed by atoms with E-state index < -0.39 is 0 Å². The Balaban J connectivity index is 2.12. The van der Waals surface area contributed by atoms with Gasteiger partial charge >= 0.3 is 0 Å². The van der Waals surface area contributed by atoms with Crippen molar-refractivity contribution in [3.05, 3.63) is 42.2 Å². The molecule has 0 aliphatic rings. The van der Waals surface area contributed by atoms with Gasteiger partial charge in [0.05, 0.1) is 6.04 Å². The predicted octanol–water partition coefficient (Wildman–Crippen LogP) is 2.55. The molecule has 5 heteroatoms. The van der Waals surface area contributed by atoms with Crippen LogP contribution in [0.3, 0.4) is 0 Å². The van der Waals surface area contributed by atoms with Crippen LogP contribution in [-0.4, -0.2) is 15.5 Å². The lowest BCUT2D eigenvalue weighted by atomic mass is 10.1. The van der Waals surface area contributed by atoms with E-state index in [2.05, 4.69) is 22.5 Å². The van der Waals surface area contributed by atoms with Gasteiger partial charge in [-0.15, -0.1) is 0 Å². The SMILES string of the molecule is CC(=O)Nc1cccc(C(C)Nc2nccn2C)c1. The summed E-state index contributed by atoms with van der Waals surface area (Å²) < 4.78 is 1.92. The van der Waals surface area contributed by atoms with Crippen molar-refractivity contribution in [2.24, 2.45) is 7.05 Å². The fraction of sp³-hybridized carbons (Fsp3) is 0.286. The molecule has 1 amide bonds. The van der Waals surface area contributed by atoms with E-state index in [1.54, 1.807) is 6.20 Å². The Morgan fingerprint density at radius 3 is 2.84 bits per heavy atom. The molecule has 1 aromatic carbocycles. The number of carbonyl (C=O) groups is 1. The lowest BCUT2D eigenvalue weighted by Gasteiger charge is -2.16. The summed E-state index contributed by atoms with van der Waals surface area (Å²) in [5, 5.41) is 6.11. The van der Waals surface area contributed by atoms with Gasteiger partial charge in [0.25, 0.3) is 0 Å². The zero-order chi connectivity index (χ0) is 13.8. The molecule has 0 radical (unpaired) electrons. The van der Waals surface area contributed by atoms with Crippen LogP contribution in [0.15, 0.2) is 36.7 Å². The first kappa shape index (κ1) is 13.1. The highest BCUT2D eigenvalue weighted by Gasteiger charge is 2.08. The molecule has 0 aliphatic heterocycles. The summed E-state index contributed by atoms with van der Waals surface area (Å²) >= 11 is 0. The predicted molar refractivity (Wildman–Crippen MR) is 76.0 cm³/mol. The van der Waals surface area contributed by atoms with Gasteiger partial charge in [0.15, 0.2) is 0 Å². The van der Waals surface area contributed by atoms with Crippen LogP contribution < -0.4 is 10.6 Å². The molecule has 0 bridgehead atoms. The van der Waals surface area contributed by atoms with E-state index in [-0.39, 0.29) is 11.9 Å². The Bertz CT molecular complexity index is 576. The molecule has 0 spiro atoms. The van der Waals surface area contributed by atoms with Crippen molar-refractivity contribution in [1.82, 2.24) is 9.55 Å². The van der Waals surface area contributed by atoms with Crippen molar-refractivity contribution >= 4 is 17.5 Å². The highest BCUT2D eigenvalue weighted by molar-refractivity contribution is 5.88. The third kappa shape index (κ3) is 3.34. The van der Waals surface area contributed by atoms with Gasteiger partial charge in [-0.1, -0.05) is 12.1 Å². The maximum atomic E-state index is 11.1. The number of nitrogens with one attached hydrogen (secondary N) is 2. The van der Waals surface area contributed by atoms with Gasteiger partial charge in [-0.2, -0.15) is 0 Å². The van der Waals surface area contributed by atoms with Crippen molar-refractivity contribution in [2.75, 3.05) is 10.6 Å². The fourth-order valence-corrected chi connectivity index (χ4v) is 1.87. The minimum absolute atomic E-state index is 0.0677. The third-order valence-corrected chi connectivity index (χ3v) is 2.87. The summed E-state index contributed by atoms with van der Waals surface area (Å²) in [6.45, 7) is 3.56. The van der Waals surface area contributed by atoms with E-state index in [4.69, 9.17) is 0 Å². The molecule has 100 valence electrons. The largest absolute Gasteiger partial charge is 0.349 e. The van der Waals surface area contributed by atoms with Crippen LogP contribution in [-0.2, 0) is 11.8 Å². The second-order valence-corrected chi connectivity index (χ2v) is 4.53. The van der Waals surface area contributed by atoms with Crippen molar-refractivity contribution in [3.63, 3.8) is 0 Å². The second-order valence-electron chi connectivity index (χ2n) is 4.53. The number of nitrogens with zero attached hydrogens (tertiary/aromatic N) is 2. The Morgan fingerprint density at radius 2 is 2.21 bits per heavy atom. The van der Waals surface area contributed by atoms with E-state index >= 15 is 0 Å². The van der Waals surface area contributed by atoms with Crippen LogP contribution in [0.25, 0.3) is 0 Å². The van der Waals surface area contributed by atoms with Crippen molar-refractivity contribution in [1.29, 1.82) is 0 Å². The van der Waals surface area contributed by atoms with Crippen LogP contribution in [0.2, 0.25) is 0 Å². The van der Waals surface area contributed by atoms with E-state index in [9.17, 15) is 4.79 Å². The number of aromatic nitrogens is 2. The lowest BCUT2D eigenvalue weighted by Crippen LogP contribution is -2.11. The number of benzene rings is 1. The standard InChI is InChI=1S/C14H18N4O/c1-10(16-14-15-7-8-18(14)3)12-5-4-6-13(9-12)17-11(2)19/h4-10H,1-3H3,(H,15,16)(H,17,19). The van der Waals surface area contributed by atoms with Crippen molar-refractivity contribution in [3.8, 4) is 0 Å². The average Bonchev–Trinajstić information content (AvgIpc) is 2.74. The molecule has 1 unspecified atom stereocenters. The molecule has 19 heavy (non-hydrogen) atoms. The van der Waals surface area contributed by atoms with Crippen LogP contribution in [0, 0.1) is 0 Å². The van der Waals surface area contributed by atoms with Crippen molar-refractivity contribution < 1.29 is 4.79 Å². The molecular formula is C14H18N4O. The number of amides is 1. The summed E-state index contributed by atoms with van der Waals surface area (Å²) in [6, 6.07) is 7.89. The number of anilines is 2. The van der Waals surface area contributed by atoms with Gasteiger partial charge in [-0.05, 0) is 24.6 Å². The molecule has 0 aliphatic carbocycles. The van der Waals surface area contributed by atoms with Crippen LogP contribution >= 0.6 is 0 Å². The summed E-state index contributed by atoms with van der Waals surface area (Å²) in [4.78, 5) is 15.3. The van der Waals surface area contributed by atoms with Gasteiger partial charge in [0.1, 0.15) is 0 Å². The smallest absolute Gasteiger partial charge is 0.221 e. The van der Waals surface area contributed by atoms with Crippen LogP contribution in [0.4, 0.5) is 11.6 Å². The molecule has 1 atom stereocenters. The summed E-state index contributed by atoms with van der Waals surface area (Å²) in [5.74, 6) is 0.749. The highest BCUT2D eigenvalue weighted by Crippen LogP contribution is 2.20. The molecule has 0 saturated heterocycles. The first-order valence-electron chi connectivity index (χ1n) is 6.17. The van der Waals surface area contributed by atoms with E-state index in [0.717, 1.165) is 17.2 Å². The van der Waals surface area contributed by atoms with E-state index in [1.807, 2.05) is 42.1 Å². The first-order valence-corrected chi connectivity index (χ1v) is 6.17. The van der Waals surface area contributed by atoms with E-state index in [1.165, 1.54) is 6.92 Å². The van der Waals surface area contributed by atoms with Crippen LogP contribution in [0.5, 0.6) is 0 Å². The quantitative estimate of drug-likeness (QED) is 0.886. The maximum absolute atomic E-state index is 11.1. The summed E-state index contributed by atoms with van der Waals surface area (Å²) in [5.41, 5.74) is 1.90. The molecule has 2 aromatic rings. The molecule has 2 rings (SSSR count). The third-order valence-electron chi connectivity index (χ3n) is 2.87. The van der Waals surface area contributed by atoms with Gasteiger partial charge in [-0.25, -0.2) is 4.98 Å². The monoisotopic (exact) mass is 258 g/mol. The highest BCUT2D eigenvalue weighted by atomic mass is 16.1. The summed E-state index contributed by atoms with van der Waals surface area (Å²) in [6.07, 6.45) is 3.64. The molecule has 2 N–H and O–H groups in total. The Hall–Kier alpha value is -2.30. The van der Waals surface area contributed by atoms with E-state index in [0.29, 0.717) is 0 Å². The second kappa shape index (κ2) is 5.56. The summed E-state index contributed by atoms with van der Waals surface area (Å²) in [7, 11) is 1.94. The molecular weight excluding hydrogens is 240 g/mol. The normalized spacial score (nSPS) is 11.9. The number of rotatable bonds is 4. The van der Waals surface area contributed by atoms with Gasteiger partial charge in [-0.3, -0.25) is 4.79 Å². The zero-order valence-corrected chi connectivity index (χ0v) is 11.3. The Labute approximate surface area is 112 Å². The fourth-order valence-electron chi connectivity index (χ4n) is 1.87. The maximum Gasteiger partial charge on any atom is 0.221 e. The van der Waals surface area contributed by atoms with Crippen molar-refractivity contribution in [2.45, 2.75) is 19.9 Å². The lowest BCUT2D eigenvalue weighted by molar-refractivity contribution is -0.114. The molecule has 0 saturated carbocycles. The first-order chi connectivity index (χ1) is 9.06. The van der Waals surface area contributed by atoms with Gasteiger partial charge < -0.3 is 15.2 Å². The molecule has 1 aromatic heterocycles. The minimum atomic E-state index is -0.0677. The number of carbonyl (C=O) groups excluding carboxylic acids is 1. The number of aryl methyl sites for hydroxylation is 1. The zero-order valence-electron chi connectivity index (χ0n) is 11.3. The Kier molecular flexibility index (Phi) is 3.85. The number of hydrogen-bond acceptors (Lipinski definition) is 3. The molecule has 1 heterocycles. The van der Waals surface area contributed by atoms with Gasteiger partial charge in [0, 0.05) is 32.1 Å². The molecule has 5 nitrogen and oxygen atoms in total. The number of imidazole rings is 1. The minimum Gasteiger partial charge on any atom is -0.349 e. The number of hydrogen-bond donors (Lipinski definition) is 2.